The molecule has 0 atom stereocenters. The first-order chi connectivity index (χ1) is 10.2. The predicted octanol–water partition coefficient (Wildman–Crippen LogP) is 5.30. The number of amides is 1. The van der Waals surface area contributed by atoms with Crippen LogP contribution in [-0.4, -0.2) is 10.9 Å². The molecule has 2 aromatic rings. The molecule has 0 aliphatic carbocycles. The molecule has 1 heterocycles. The zero-order valence-corrected chi connectivity index (χ0v) is 15.3. The van der Waals surface area contributed by atoms with E-state index in [-0.39, 0.29) is 11.3 Å². The minimum atomic E-state index is -0.120. The van der Waals surface area contributed by atoms with Crippen LogP contribution >= 0.6 is 34.5 Å². The van der Waals surface area contributed by atoms with Crippen LogP contribution in [0.25, 0.3) is 0 Å². The lowest BCUT2D eigenvalue weighted by Crippen LogP contribution is -2.15. The van der Waals surface area contributed by atoms with Gasteiger partial charge >= 0.3 is 0 Å². The molecule has 0 aliphatic heterocycles. The zero-order valence-electron chi connectivity index (χ0n) is 13.0. The van der Waals surface area contributed by atoms with Gasteiger partial charge in [-0.2, -0.15) is 0 Å². The molecule has 1 aromatic carbocycles. The van der Waals surface area contributed by atoms with Crippen molar-refractivity contribution in [3.05, 3.63) is 44.4 Å². The largest absolute Gasteiger partial charge is 0.302 e. The van der Waals surface area contributed by atoms with Gasteiger partial charge < -0.3 is 5.32 Å². The van der Waals surface area contributed by atoms with E-state index in [1.807, 2.05) is 12.1 Å². The Bertz CT molecular complexity index is 705. The fraction of sp³-hybridized carbons (Fsp3) is 0.375. The van der Waals surface area contributed by atoms with Gasteiger partial charge in [0, 0.05) is 33.7 Å². The number of hydrogen-bond donors (Lipinski definition) is 1. The molecule has 0 aliphatic rings. The molecule has 22 heavy (non-hydrogen) atoms. The van der Waals surface area contributed by atoms with E-state index >= 15 is 0 Å². The molecule has 0 radical (unpaired) electrons. The van der Waals surface area contributed by atoms with Crippen molar-refractivity contribution in [3.8, 4) is 0 Å². The lowest BCUT2D eigenvalue weighted by molar-refractivity contribution is -0.114. The van der Waals surface area contributed by atoms with Crippen molar-refractivity contribution in [1.82, 2.24) is 4.98 Å². The van der Waals surface area contributed by atoms with Crippen molar-refractivity contribution in [2.45, 2.75) is 39.5 Å². The van der Waals surface area contributed by atoms with Gasteiger partial charge in [0.05, 0.1) is 5.69 Å². The number of carbonyl (C=O) groups is 1. The second kappa shape index (κ2) is 6.57. The smallest absolute Gasteiger partial charge is 0.223 e. The first-order valence-corrected chi connectivity index (χ1v) is 8.46. The van der Waals surface area contributed by atoms with Gasteiger partial charge in [0.1, 0.15) is 0 Å². The highest BCUT2D eigenvalue weighted by atomic mass is 35.5. The maximum absolute atomic E-state index is 11.3. The lowest BCUT2D eigenvalue weighted by atomic mass is 9.90. The summed E-state index contributed by atoms with van der Waals surface area (Å²) in [6, 6.07) is 5.50. The average Bonchev–Trinajstić information content (AvgIpc) is 2.74. The lowest BCUT2D eigenvalue weighted by Gasteiger charge is -2.17. The summed E-state index contributed by atoms with van der Waals surface area (Å²) in [7, 11) is 0. The van der Waals surface area contributed by atoms with E-state index < -0.39 is 0 Å². The topological polar surface area (TPSA) is 42.0 Å². The summed E-state index contributed by atoms with van der Waals surface area (Å²) in [5, 5.41) is 4.64. The second-order valence-corrected chi connectivity index (χ2v) is 8.06. The normalized spacial score (nSPS) is 11.5. The number of nitrogens with zero attached hydrogens (tertiary/aromatic N) is 1. The second-order valence-electron chi connectivity index (χ2n) is 6.13. The van der Waals surface area contributed by atoms with E-state index in [4.69, 9.17) is 23.2 Å². The number of hydrogen-bond acceptors (Lipinski definition) is 3. The van der Waals surface area contributed by atoms with Gasteiger partial charge in [0.2, 0.25) is 5.91 Å². The minimum absolute atomic E-state index is 0.110. The van der Waals surface area contributed by atoms with Crippen molar-refractivity contribution in [2.24, 2.45) is 0 Å². The third-order valence-corrected chi connectivity index (χ3v) is 4.61. The van der Waals surface area contributed by atoms with Crippen LogP contribution in [-0.2, 0) is 16.6 Å². The first kappa shape index (κ1) is 17.3. The SMILES string of the molecule is CC(=O)Nc1nc(C(C)(C)C)c(Cc2ccc(Cl)cc2Cl)s1. The standard InChI is InChI=1S/C16H18Cl2N2OS/c1-9(21)19-15-20-14(16(2,3)4)13(22-15)7-10-5-6-11(17)8-12(10)18/h5-6,8H,7H2,1-4H3,(H,19,20,21). The number of rotatable bonds is 3. The van der Waals surface area contributed by atoms with Crippen LogP contribution in [0.2, 0.25) is 10.0 Å². The van der Waals surface area contributed by atoms with E-state index in [0.717, 1.165) is 16.1 Å². The average molecular weight is 357 g/mol. The van der Waals surface area contributed by atoms with Crippen LogP contribution in [0.15, 0.2) is 18.2 Å². The van der Waals surface area contributed by atoms with Crippen LogP contribution < -0.4 is 5.32 Å². The van der Waals surface area contributed by atoms with Gasteiger partial charge in [-0.25, -0.2) is 4.98 Å². The van der Waals surface area contributed by atoms with Gasteiger partial charge in [-0.3, -0.25) is 4.79 Å². The zero-order chi connectivity index (χ0) is 16.5. The van der Waals surface area contributed by atoms with E-state index in [9.17, 15) is 4.79 Å². The number of aromatic nitrogens is 1. The van der Waals surface area contributed by atoms with E-state index in [2.05, 4.69) is 31.1 Å². The maximum atomic E-state index is 11.3. The number of carbonyl (C=O) groups excluding carboxylic acids is 1. The number of halogens is 2. The van der Waals surface area contributed by atoms with E-state index in [1.54, 1.807) is 6.07 Å². The Morgan fingerprint density at radius 1 is 1.32 bits per heavy atom. The third kappa shape index (κ3) is 4.22. The molecular formula is C16H18Cl2N2OS. The Hall–Kier alpha value is -1.10. The van der Waals surface area contributed by atoms with E-state index in [1.165, 1.54) is 18.3 Å². The van der Waals surface area contributed by atoms with Gasteiger partial charge in [0.15, 0.2) is 5.13 Å². The summed E-state index contributed by atoms with van der Waals surface area (Å²) >= 11 is 13.7. The Morgan fingerprint density at radius 3 is 2.55 bits per heavy atom. The summed E-state index contributed by atoms with van der Waals surface area (Å²) in [5.41, 5.74) is 1.86. The van der Waals surface area contributed by atoms with Crippen LogP contribution in [0, 0.1) is 0 Å². The highest BCUT2D eigenvalue weighted by molar-refractivity contribution is 7.15. The van der Waals surface area contributed by atoms with Crippen molar-refractivity contribution < 1.29 is 4.79 Å². The van der Waals surface area contributed by atoms with Gasteiger partial charge in [0.25, 0.3) is 0 Å². The van der Waals surface area contributed by atoms with Crippen molar-refractivity contribution in [1.29, 1.82) is 0 Å². The number of thiazole rings is 1. The summed E-state index contributed by atoms with van der Waals surface area (Å²) < 4.78 is 0. The molecular weight excluding hydrogens is 339 g/mol. The summed E-state index contributed by atoms with van der Waals surface area (Å²) in [6.45, 7) is 7.79. The molecule has 1 aromatic heterocycles. The molecule has 6 heteroatoms. The van der Waals surface area contributed by atoms with E-state index in [0.29, 0.717) is 21.6 Å². The number of anilines is 1. The van der Waals surface area contributed by atoms with Gasteiger partial charge in [-0.15, -0.1) is 11.3 Å². The maximum Gasteiger partial charge on any atom is 0.223 e. The highest BCUT2D eigenvalue weighted by Gasteiger charge is 2.24. The number of benzene rings is 1. The Balaban J connectivity index is 2.40. The third-order valence-electron chi connectivity index (χ3n) is 3.06. The molecule has 0 saturated carbocycles. The molecule has 0 spiro atoms. The number of nitrogens with one attached hydrogen (secondary N) is 1. The molecule has 3 nitrogen and oxygen atoms in total. The summed E-state index contributed by atoms with van der Waals surface area (Å²) in [6.07, 6.45) is 0.667. The summed E-state index contributed by atoms with van der Waals surface area (Å²) in [5.74, 6) is -0.120. The molecule has 0 unspecified atom stereocenters. The van der Waals surface area contributed by atoms with Gasteiger partial charge in [-0.05, 0) is 17.7 Å². The van der Waals surface area contributed by atoms with Crippen molar-refractivity contribution in [3.63, 3.8) is 0 Å². The van der Waals surface area contributed by atoms with Gasteiger partial charge in [-0.1, -0.05) is 50.0 Å². The monoisotopic (exact) mass is 356 g/mol. The fourth-order valence-corrected chi connectivity index (χ4v) is 3.82. The van der Waals surface area contributed by atoms with Crippen molar-refractivity contribution in [2.75, 3.05) is 5.32 Å². The molecule has 0 saturated heterocycles. The quantitative estimate of drug-likeness (QED) is 0.810. The van der Waals surface area contributed by atoms with Crippen molar-refractivity contribution >= 4 is 45.6 Å². The summed E-state index contributed by atoms with van der Waals surface area (Å²) in [4.78, 5) is 16.9. The molecule has 0 fully saturated rings. The Morgan fingerprint density at radius 2 is 2.00 bits per heavy atom. The Kier molecular flexibility index (Phi) is 5.15. The molecule has 118 valence electrons. The Labute approximate surface area is 144 Å². The minimum Gasteiger partial charge on any atom is -0.302 e. The molecule has 2 rings (SSSR count). The molecule has 1 amide bonds. The first-order valence-electron chi connectivity index (χ1n) is 6.88. The molecule has 0 bridgehead atoms. The van der Waals surface area contributed by atoms with Crippen LogP contribution in [0.5, 0.6) is 0 Å². The van der Waals surface area contributed by atoms with Crippen LogP contribution in [0.4, 0.5) is 5.13 Å². The predicted molar refractivity (Wildman–Crippen MR) is 94.4 cm³/mol. The fourth-order valence-electron chi connectivity index (χ4n) is 2.10. The van der Waals surface area contributed by atoms with Crippen LogP contribution in [0.3, 0.4) is 0 Å². The molecule has 1 N–H and O–H groups in total. The highest BCUT2D eigenvalue weighted by Crippen LogP contribution is 2.35. The van der Waals surface area contributed by atoms with Crippen LogP contribution in [0.1, 0.15) is 43.8 Å².